The van der Waals surface area contributed by atoms with E-state index >= 15 is 4.39 Å². The number of nitrogens with one attached hydrogen (secondary N) is 1. The summed E-state index contributed by atoms with van der Waals surface area (Å²) in [5.74, 6) is -3.51. The Morgan fingerprint density at radius 2 is 1.92 bits per heavy atom. The Bertz CT molecular complexity index is 663. The summed E-state index contributed by atoms with van der Waals surface area (Å²) in [6, 6.07) is 5.33. The van der Waals surface area contributed by atoms with Crippen molar-refractivity contribution in [1.82, 2.24) is 4.72 Å². The molecule has 1 aromatic carbocycles. The van der Waals surface area contributed by atoms with Crippen LogP contribution in [0.4, 0.5) is 13.2 Å². The highest BCUT2D eigenvalue weighted by molar-refractivity contribution is 7.90. The van der Waals surface area contributed by atoms with Crippen molar-refractivity contribution in [2.45, 2.75) is 51.1 Å². The monoisotopic (exact) mass is 391 g/mol. The number of benzene rings is 1. The molecule has 0 fully saturated rings. The molecule has 0 aliphatic rings. The summed E-state index contributed by atoms with van der Waals surface area (Å²) in [6.45, 7) is 7.62. The van der Waals surface area contributed by atoms with E-state index in [1.54, 1.807) is 20.8 Å². The Labute approximate surface area is 155 Å². The number of alkyl halides is 1. The van der Waals surface area contributed by atoms with Crippen molar-refractivity contribution in [2.24, 2.45) is 0 Å². The summed E-state index contributed by atoms with van der Waals surface area (Å²) in [5, 5.41) is 0. The zero-order valence-electron chi connectivity index (χ0n) is 15.4. The number of hydrogen-bond acceptors (Lipinski definition) is 4. The molecule has 4 nitrogen and oxygen atoms in total. The number of carbonyl (C=O) groups excluding carboxylic acids is 1. The normalized spacial score (nSPS) is 17.3. The number of esters is 1. The minimum atomic E-state index is -2.20. The first-order valence-electron chi connectivity index (χ1n) is 8.06. The molecule has 0 aliphatic heterocycles. The van der Waals surface area contributed by atoms with Gasteiger partial charge in [0.1, 0.15) is 22.3 Å². The zero-order valence-corrected chi connectivity index (χ0v) is 16.3. The molecule has 0 saturated heterocycles. The number of hydrogen-bond donors (Lipinski definition) is 1. The van der Waals surface area contributed by atoms with Gasteiger partial charge in [0.2, 0.25) is 5.83 Å². The molecule has 0 heterocycles. The maximum Gasteiger partial charge on any atom is 0.366 e. The van der Waals surface area contributed by atoms with Gasteiger partial charge in [0.05, 0.1) is 6.61 Å². The van der Waals surface area contributed by atoms with Crippen LogP contribution in [0.3, 0.4) is 0 Å². The molecular weight excluding hydrogens is 367 g/mol. The molecule has 1 rings (SSSR count). The van der Waals surface area contributed by atoms with Crippen LogP contribution < -0.4 is 4.72 Å². The van der Waals surface area contributed by atoms with E-state index in [-0.39, 0.29) is 12.2 Å². The SMILES string of the molecule is CCOC(=O)/C(F)=C/[C@H](F)[C@](C)(N[S+]([O-])C(C)(C)C)c1ccccc1F. The molecule has 3 atom stereocenters. The Balaban J connectivity index is 3.34. The summed E-state index contributed by atoms with van der Waals surface area (Å²) >= 11 is -1.79. The van der Waals surface area contributed by atoms with Gasteiger partial charge in [-0.05, 0) is 46.8 Å². The molecule has 0 amide bonds. The zero-order chi connectivity index (χ0) is 20.1. The lowest BCUT2D eigenvalue weighted by atomic mass is 9.87. The molecule has 0 saturated carbocycles. The van der Waals surface area contributed by atoms with Gasteiger partial charge in [-0.1, -0.05) is 18.2 Å². The second-order valence-electron chi connectivity index (χ2n) is 6.80. The summed E-state index contributed by atoms with van der Waals surface area (Å²) in [7, 11) is 0. The molecule has 1 N–H and O–H groups in total. The van der Waals surface area contributed by atoms with Crippen molar-refractivity contribution in [2.75, 3.05) is 6.61 Å². The van der Waals surface area contributed by atoms with Crippen molar-refractivity contribution in [3.05, 3.63) is 47.5 Å². The van der Waals surface area contributed by atoms with E-state index < -0.39 is 45.4 Å². The number of ether oxygens (including phenoxy) is 1. The first-order chi connectivity index (χ1) is 11.9. The highest BCUT2D eigenvalue weighted by Crippen LogP contribution is 2.33. The molecule has 1 aromatic rings. The van der Waals surface area contributed by atoms with Crippen LogP contribution in [-0.4, -0.2) is 28.0 Å². The first kappa shape index (κ1) is 22.5. The summed E-state index contributed by atoms with van der Waals surface area (Å²) in [4.78, 5) is 11.4. The minimum absolute atomic E-state index is 0.0755. The predicted molar refractivity (Wildman–Crippen MR) is 95.5 cm³/mol. The number of halogens is 3. The second-order valence-corrected chi connectivity index (χ2v) is 8.77. The molecular formula is C18H24F3NO3S. The van der Waals surface area contributed by atoms with Crippen LogP contribution >= 0.6 is 0 Å². The van der Waals surface area contributed by atoms with Gasteiger partial charge in [-0.25, -0.2) is 13.6 Å². The van der Waals surface area contributed by atoms with Crippen LogP contribution in [0.15, 0.2) is 36.2 Å². The van der Waals surface area contributed by atoms with E-state index in [2.05, 4.69) is 9.46 Å². The maximum absolute atomic E-state index is 15.0. The van der Waals surface area contributed by atoms with E-state index in [1.807, 2.05) is 0 Å². The predicted octanol–water partition coefficient (Wildman–Crippen LogP) is 3.85. The summed E-state index contributed by atoms with van der Waals surface area (Å²) < 4.78 is 62.0. The number of rotatable bonds is 7. The third kappa shape index (κ3) is 5.49. The summed E-state index contributed by atoms with van der Waals surface area (Å²) in [5.41, 5.74) is -2.02. The Morgan fingerprint density at radius 1 is 1.35 bits per heavy atom. The third-order valence-electron chi connectivity index (χ3n) is 3.61. The molecule has 8 heteroatoms. The van der Waals surface area contributed by atoms with E-state index in [1.165, 1.54) is 32.0 Å². The van der Waals surface area contributed by atoms with E-state index in [4.69, 9.17) is 0 Å². The lowest BCUT2D eigenvalue weighted by Crippen LogP contribution is -2.54. The van der Waals surface area contributed by atoms with Crippen molar-refractivity contribution < 1.29 is 27.3 Å². The van der Waals surface area contributed by atoms with E-state index in [0.717, 1.165) is 6.07 Å². The Hall–Kier alpha value is -1.51. The minimum Gasteiger partial charge on any atom is -0.598 e. The fraction of sp³-hybridized carbons (Fsp3) is 0.500. The van der Waals surface area contributed by atoms with E-state index in [0.29, 0.717) is 6.08 Å². The smallest absolute Gasteiger partial charge is 0.366 e. The van der Waals surface area contributed by atoms with Gasteiger partial charge in [0.15, 0.2) is 0 Å². The van der Waals surface area contributed by atoms with Crippen molar-refractivity contribution in [3.8, 4) is 0 Å². The van der Waals surface area contributed by atoms with Gasteiger partial charge in [-0.2, -0.15) is 4.39 Å². The Morgan fingerprint density at radius 3 is 2.42 bits per heavy atom. The lowest BCUT2D eigenvalue weighted by Gasteiger charge is -2.36. The fourth-order valence-corrected chi connectivity index (χ4v) is 2.96. The lowest BCUT2D eigenvalue weighted by molar-refractivity contribution is -0.140. The molecule has 0 spiro atoms. The van der Waals surface area contributed by atoms with Crippen LogP contribution in [-0.2, 0) is 26.4 Å². The van der Waals surface area contributed by atoms with Crippen LogP contribution in [0.25, 0.3) is 0 Å². The molecule has 0 bridgehead atoms. The van der Waals surface area contributed by atoms with Gasteiger partial charge >= 0.3 is 5.97 Å². The molecule has 146 valence electrons. The average molecular weight is 391 g/mol. The third-order valence-corrected chi connectivity index (χ3v) is 5.33. The fourth-order valence-electron chi connectivity index (χ4n) is 2.05. The summed E-state index contributed by atoms with van der Waals surface area (Å²) in [6.07, 6.45) is -1.80. The van der Waals surface area contributed by atoms with Crippen LogP contribution in [0.1, 0.15) is 40.2 Å². The van der Waals surface area contributed by atoms with Crippen molar-refractivity contribution >= 4 is 17.3 Å². The Kier molecular flexibility index (Phi) is 7.73. The van der Waals surface area contributed by atoms with Gasteiger partial charge in [-0.15, -0.1) is 4.72 Å². The van der Waals surface area contributed by atoms with E-state index in [9.17, 15) is 18.1 Å². The average Bonchev–Trinajstić information content (AvgIpc) is 2.54. The van der Waals surface area contributed by atoms with Crippen molar-refractivity contribution in [3.63, 3.8) is 0 Å². The maximum atomic E-state index is 15.0. The van der Waals surface area contributed by atoms with Crippen LogP contribution in [0.2, 0.25) is 0 Å². The van der Waals surface area contributed by atoms with Gasteiger partial charge in [-0.3, -0.25) is 0 Å². The van der Waals surface area contributed by atoms with Crippen LogP contribution in [0, 0.1) is 5.82 Å². The second kappa shape index (κ2) is 8.92. The molecule has 0 aliphatic carbocycles. The molecule has 0 radical (unpaired) electrons. The first-order valence-corrected chi connectivity index (χ1v) is 9.21. The largest absolute Gasteiger partial charge is 0.598 e. The van der Waals surface area contributed by atoms with Crippen molar-refractivity contribution in [1.29, 1.82) is 0 Å². The standard InChI is InChI=1S/C18H24F3NO3S/c1-6-25-16(23)14(20)11-15(21)18(5,22-26(24)17(2,3)4)12-9-7-8-10-13(12)19/h7-11,15,22H,6H2,1-5H3/b14-11-/t15-,18+,26?/m0/s1. The highest BCUT2D eigenvalue weighted by atomic mass is 32.2. The van der Waals surface area contributed by atoms with Crippen LogP contribution in [0.5, 0.6) is 0 Å². The molecule has 0 aromatic heterocycles. The molecule has 26 heavy (non-hydrogen) atoms. The highest BCUT2D eigenvalue weighted by Gasteiger charge is 2.44. The van der Waals surface area contributed by atoms with Gasteiger partial charge < -0.3 is 9.29 Å². The topological polar surface area (TPSA) is 61.4 Å². The molecule has 1 unspecified atom stereocenters. The quantitative estimate of drug-likeness (QED) is 0.436. The number of carbonyl (C=O) groups is 1. The van der Waals surface area contributed by atoms with Gasteiger partial charge in [0.25, 0.3) is 0 Å². The van der Waals surface area contributed by atoms with Gasteiger partial charge in [0, 0.05) is 16.9 Å².